The Labute approximate surface area is 175 Å². The van der Waals surface area contributed by atoms with Gasteiger partial charge in [-0.05, 0) is 42.5 Å². The third kappa shape index (κ3) is 5.49. The van der Waals surface area contributed by atoms with Crippen molar-refractivity contribution in [2.75, 3.05) is 23.8 Å². The predicted octanol–water partition coefficient (Wildman–Crippen LogP) is 5.47. The van der Waals surface area contributed by atoms with Crippen molar-refractivity contribution >= 4 is 28.7 Å². The zero-order valence-corrected chi connectivity index (χ0v) is 16.9. The molecule has 3 aromatic rings. The van der Waals surface area contributed by atoms with Crippen molar-refractivity contribution in [3.63, 3.8) is 0 Å². The number of carbonyl (C=O) groups excluding carboxylic acids is 1. The van der Waals surface area contributed by atoms with E-state index >= 15 is 0 Å². The molecule has 3 rings (SSSR count). The summed E-state index contributed by atoms with van der Waals surface area (Å²) >= 11 is 0. The highest BCUT2D eigenvalue weighted by molar-refractivity contribution is 5.93. The quantitative estimate of drug-likeness (QED) is 0.534. The average molecular weight is 398 g/mol. The Morgan fingerprint density at radius 2 is 1.93 bits per heavy atom. The molecule has 0 unspecified atom stereocenters. The summed E-state index contributed by atoms with van der Waals surface area (Å²) in [5, 5.41) is 20.2. The number of nitrogens with one attached hydrogen (secondary N) is 1. The Morgan fingerprint density at radius 1 is 1.13 bits per heavy atom. The second-order valence-electron chi connectivity index (χ2n) is 6.67. The van der Waals surface area contributed by atoms with E-state index in [0.29, 0.717) is 30.0 Å². The van der Waals surface area contributed by atoms with Gasteiger partial charge in [-0.25, -0.2) is 0 Å². The van der Waals surface area contributed by atoms with Crippen LogP contribution in [0.15, 0.2) is 77.1 Å². The number of nitrogens with zero attached hydrogens (tertiary/aromatic N) is 5. The third-order valence-electron chi connectivity index (χ3n) is 4.39. The Kier molecular flexibility index (Phi) is 6.85. The molecule has 1 amide bonds. The molecule has 2 aromatic carbocycles. The van der Waals surface area contributed by atoms with E-state index < -0.39 is 0 Å². The van der Waals surface area contributed by atoms with Crippen molar-refractivity contribution in [3.8, 4) is 17.3 Å². The van der Waals surface area contributed by atoms with E-state index in [9.17, 15) is 4.79 Å². The molecule has 1 aromatic heterocycles. The first-order chi connectivity index (χ1) is 14.6. The van der Waals surface area contributed by atoms with Crippen molar-refractivity contribution < 1.29 is 4.79 Å². The van der Waals surface area contributed by atoms with Crippen LogP contribution in [0.25, 0.3) is 11.3 Å². The molecule has 0 aliphatic heterocycles. The zero-order chi connectivity index (χ0) is 21.3. The van der Waals surface area contributed by atoms with E-state index in [2.05, 4.69) is 26.6 Å². The molecule has 7 nitrogen and oxygen atoms in total. The number of azo groups is 1. The summed E-state index contributed by atoms with van der Waals surface area (Å²) < 4.78 is 0. The Morgan fingerprint density at radius 3 is 2.60 bits per heavy atom. The van der Waals surface area contributed by atoms with Crippen LogP contribution in [-0.4, -0.2) is 24.5 Å². The second-order valence-corrected chi connectivity index (χ2v) is 6.67. The number of carbonyl (C=O) groups is 1. The minimum atomic E-state index is -0.192. The highest BCUT2D eigenvalue weighted by Gasteiger charge is 2.08. The lowest BCUT2D eigenvalue weighted by Gasteiger charge is -2.19. The third-order valence-corrected chi connectivity index (χ3v) is 4.39. The van der Waals surface area contributed by atoms with Gasteiger partial charge in [0.2, 0.25) is 5.91 Å². The molecule has 0 aliphatic carbocycles. The number of rotatable bonds is 7. The van der Waals surface area contributed by atoms with Crippen molar-refractivity contribution in [1.29, 1.82) is 5.26 Å². The van der Waals surface area contributed by atoms with E-state index in [1.165, 1.54) is 6.92 Å². The lowest BCUT2D eigenvalue weighted by molar-refractivity contribution is -0.114. The summed E-state index contributed by atoms with van der Waals surface area (Å²) in [4.78, 5) is 17.9. The maximum Gasteiger partial charge on any atom is 0.221 e. The molecule has 0 saturated carbocycles. The monoisotopic (exact) mass is 398 g/mol. The molecule has 0 fully saturated rings. The molecule has 0 bridgehead atoms. The van der Waals surface area contributed by atoms with Crippen LogP contribution in [0.3, 0.4) is 0 Å². The second kappa shape index (κ2) is 9.94. The fourth-order valence-corrected chi connectivity index (χ4v) is 2.83. The van der Waals surface area contributed by atoms with Crippen molar-refractivity contribution in [2.45, 2.75) is 13.3 Å². The molecule has 1 N–H and O–H groups in total. The van der Waals surface area contributed by atoms with Crippen LogP contribution in [0.5, 0.6) is 0 Å². The first kappa shape index (κ1) is 20.7. The van der Waals surface area contributed by atoms with Gasteiger partial charge in [0, 0.05) is 38.0 Å². The van der Waals surface area contributed by atoms with Crippen molar-refractivity contribution in [2.24, 2.45) is 10.2 Å². The summed E-state index contributed by atoms with van der Waals surface area (Å²) in [5.41, 5.74) is 4.59. The average Bonchev–Trinajstić information content (AvgIpc) is 2.77. The van der Waals surface area contributed by atoms with Gasteiger partial charge in [-0.3, -0.25) is 9.78 Å². The molecule has 0 radical (unpaired) electrons. The van der Waals surface area contributed by atoms with Gasteiger partial charge in [0.25, 0.3) is 0 Å². The van der Waals surface area contributed by atoms with Gasteiger partial charge >= 0.3 is 0 Å². The summed E-state index contributed by atoms with van der Waals surface area (Å²) in [6.45, 7) is 2.04. The fraction of sp³-hybridized carbons (Fsp3) is 0.174. The first-order valence-corrected chi connectivity index (χ1v) is 9.50. The fourth-order valence-electron chi connectivity index (χ4n) is 2.83. The van der Waals surface area contributed by atoms with Crippen LogP contribution in [-0.2, 0) is 4.79 Å². The number of benzene rings is 2. The summed E-state index contributed by atoms with van der Waals surface area (Å²) in [5.74, 6) is -0.192. The molecule has 0 aliphatic rings. The van der Waals surface area contributed by atoms with Gasteiger partial charge in [-0.2, -0.15) is 10.4 Å². The molecule has 0 atom stereocenters. The molecular formula is C23H22N6O. The molecule has 150 valence electrons. The van der Waals surface area contributed by atoms with Crippen LogP contribution in [0.2, 0.25) is 0 Å². The van der Waals surface area contributed by atoms with Gasteiger partial charge in [0.05, 0.1) is 29.6 Å². The van der Waals surface area contributed by atoms with Crippen molar-refractivity contribution in [3.05, 3.63) is 66.9 Å². The molecule has 7 heteroatoms. The zero-order valence-electron chi connectivity index (χ0n) is 16.9. The van der Waals surface area contributed by atoms with E-state index in [4.69, 9.17) is 5.26 Å². The van der Waals surface area contributed by atoms with Gasteiger partial charge in [-0.15, -0.1) is 5.11 Å². The lowest BCUT2D eigenvalue weighted by Crippen LogP contribution is -2.18. The maximum absolute atomic E-state index is 11.6. The molecule has 0 saturated heterocycles. The van der Waals surface area contributed by atoms with E-state index in [-0.39, 0.29) is 5.91 Å². The highest BCUT2D eigenvalue weighted by atomic mass is 16.1. The van der Waals surface area contributed by atoms with Crippen LogP contribution in [0, 0.1) is 11.3 Å². The molecular weight excluding hydrogens is 376 g/mol. The van der Waals surface area contributed by atoms with Gasteiger partial charge in [0.1, 0.15) is 5.69 Å². The predicted molar refractivity (Wildman–Crippen MR) is 118 cm³/mol. The van der Waals surface area contributed by atoms with E-state index in [0.717, 1.165) is 16.9 Å². The van der Waals surface area contributed by atoms with Crippen LogP contribution in [0.4, 0.5) is 22.7 Å². The van der Waals surface area contributed by atoms with Gasteiger partial charge in [0.15, 0.2) is 0 Å². The number of pyridine rings is 1. The molecule has 1 heterocycles. The number of nitriles is 1. The standard InChI is InChI=1S/C23H22N6O/c1-17(30)26-23-16-20(29(2)15-5-13-24)11-12-22(23)28-27-19-9-7-18(8-10-19)21-6-3-4-14-25-21/h3-4,6-12,14,16H,5,15H2,1-2H3,(H,26,30). The molecule has 0 spiro atoms. The van der Waals surface area contributed by atoms with Gasteiger partial charge < -0.3 is 10.2 Å². The SMILES string of the molecule is CC(=O)Nc1cc(N(C)CCC#N)ccc1N=Nc1ccc(-c2ccccn2)cc1. The lowest BCUT2D eigenvalue weighted by atomic mass is 10.1. The number of amides is 1. The first-order valence-electron chi connectivity index (χ1n) is 9.50. The summed E-state index contributed by atoms with van der Waals surface area (Å²) in [6, 6.07) is 21.1. The number of aromatic nitrogens is 1. The Balaban J connectivity index is 1.81. The van der Waals surface area contributed by atoms with Crippen molar-refractivity contribution in [1.82, 2.24) is 4.98 Å². The Hall–Kier alpha value is -4.05. The minimum absolute atomic E-state index is 0.192. The normalized spacial score (nSPS) is 10.6. The molecule has 30 heavy (non-hydrogen) atoms. The maximum atomic E-state index is 11.6. The Bertz CT molecular complexity index is 1070. The summed E-state index contributed by atoms with van der Waals surface area (Å²) in [7, 11) is 1.90. The van der Waals surface area contributed by atoms with E-state index in [1.807, 2.05) is 66.5 Å². The minimum Gasteiger partial charge on any atom is -0.374 e. The van der Waals surface area contributed by atoms with Crippen LogP contribution < -0.4 is 10.2 Å². The largest absolute Gasteiger partial charge is 0.374 e. The van der Waals surface area contributed by atoms with Gasteiger partial charge in [-0.1, -0.05) is 18.2 Å². The number of hydrogen-bond donors (Lipinski definition) is 1. The summed E-state index contributed by atoms with van der Waals surface area (Å²) in [6.07, 6.45) is 2.18. The van der Waals surface area contributed by atoms with Crippen LogP contribution in [0.1, 0.15) is 13.3 Å². The topological polar surface area (TPSA) is 93.7 Å². The van der Waals surface area contributed by atoms with Crippen LogP contribution >= 0.6 is 0 Å². The smallest absolute Gasteiger partial charge is 0.221 e. The highest BCUT2D eigenvalue weighted by Crippen LogP contribution is 2.31. The van der Waals surface area contributed by atoms with E-state index in [1.54, 1.807) is 12.3 Å². The number of hydrogen-bond acceptors (Lipinski definition) is 6. The number of anilines is 2.